The van der Waals surface area contributed by atoms with Gasteiger partial charge >= 0.3 is 12.2 Å². The van der Waals surface area contributed by atoms with E-state index >= 15 is 16.8 Å². The maximum absolute atomic E-state index is 16.4. The molecule has 0 spiro atoms. The molecule has 0 aliphatic carbocycles. The second-order valence-electron chi connectivity index (χ2n) is 21.4. The molecule has 2 aliphatic heterocycles. The number of nitrogens with zero attached hydrogens (tertiary/aromatic N) is 7. The summed E-state index contributed by atoms with van der Waals surface area (Å²) in [5.74, 6) is 1.80. The van der Waals surface area contributed by atoms with Gasteiger partial charge < -0.3 is 33.5 Å². The first kappa shape index (κ1) is 56.2. The first-order chi connectivity index (χ1) is 36.5. The summed E-state index contributed by atoms with van der Waals surface area (Å²) in [6, 6.07) is 32.0. The quantitative estimate of drug-likeness (QED) is 0.0886. The number of amides is 2. The van der Waals surface area contributed by atoms with Crippen LogP contribution in [0.4, 0.5) is 9.59 Å². The van der Waals surface area contributed by atoms with Crippen molar-refractivity contribution in [2.45, 2.75) is 119 Å². The van der Waals surface area contributed by atoms with Crippen LogP contribution >= 0.6 is 0 Å². The monoisotopic (exact) mass is 1090 g/mol. The number of methoxy groups -OCH3 is 3. The largest absolute Gasteiger partial charge is 0.497 e. The zero-order chi connectivity index (χ0) is 55.3. The molecule has 77 heavy (non-hydrogen) atoms. The number of tetrazole rings is 1. The molecule has 8 rings (SSSR count). The van der Waals surface area contributed by atoms with E-state index in [4.69, 9.17) is 28.8 Å². The third kappa shape index (κ3) is 13.6. The molecule has 20 heteroatoms. The Morgan fingerprint density at radius 1 is 0.597 bits per heavy atom. The molecule has 410 valence electrons. The standard InChI is InChI=1S/C57H69N7O11S2/c1-56(2,3)74-54(65)61-32-28-43(29-33-61)42-16-18-44(19-17-42)49-26-27-50(76(67,68)48-30-34-62(35-31-48)55(66)75-57(4,5)6)52(51(49)53-58-60-64(59-53)38-41-14-24-47(73-9)25-15-41)77(69,70)63(36-39-10-20-45(71-7)21-11-39)37-40-12-22-46(72-8)23-13-40/h10-27,43,48H,28-38H2,1-9H3. The summed E-state index contributed by atoms with van der Waals surface area (Å²) in [6.45, 7) is 11.8. The lowest BCUT2D eigenvalue weighted by Gasteiger charge is -2.34. The van der Waals surface area contributed by atoms with Crippen molar-refractivity contribution in [2.24, 2.45) is 0 Å². The SMILES string of the molecule is COc1ccc(CN(Cc2ccc(OC)cc2)S(=O)(=O)c2c(S(=O)(=O)C3CCN(C(=O)OC(C)(C)C)CC3)ccc(-c3ccc(C4CCN(C(=O)OC(C)(C)C)CC4)cc3)c2-c2nnn(Cc3ccc(OC)cc3)n2)cc1. The Kier molecular flexibility index (Phi) is 17.0. The lowest BCUT2D eigenvalue weighted by atomic mass is 9.88. The summed E-state index contributed by atoms with van der Waals surface area (Å²) >= 11 is 0. The van der Waals surface area contributed by atoms with Crippen molar-refractivity contribution < 1.29 is 50.1 Å². The normalized spacial score (nSPS) is 15.1. The number of hydrogen-bond acceptors (Lipinski definition) is 14. The van der Waals surface area contributed by atoms with E-state index in [2.05, 4.69) is 10.3 Å². The van der Waals surface area contributed by atoms with E-state index in [0.717, 1.165) is 11.1 Å². The molecule has 2 fully saturated rings. The van der Waals surface area contributed by atoms with Crippen molar-refractivity contribution in [1.82, 2.24) is 34.3 Å². The van der Waals surface area contributed by atoms with Crippen LogP contribution < -0.4 is 14.2 Å². The van der Waals surface area contributed by atoms with Crippen molar-refractivity contribution in [3.63, 3.8) is 0 Å². The van der Waals surface area contributed by atoms with Gasteiger partial charge in [0.1, 0.15) is 33.3 Å². The fourth-order valence-corrected chi connectivity index (χ4v) is 13.7. The molecule has 0 atom stereocenters. The van der Waals surface area contributed by atoms with Crippen LogP contribution in [0.1, 0.15) is 95.4 Å². The number of carbonyl (C=O) groups excluding carboxylic acids is 2. The Morgan fingerprint density at radius 2 is 1.05 bits per heavy atom. The molecular weight excluding hydrogens is 1020 g/mol. The topological polar surface area (TPSA) is 202 Å². The molecule has 1 aromatic heterocycles. The van der Waals surface area contributed by atoms with Crippen molar-refractivity contribution in [3.8, 4) is 39.8 Å². The number of benzene rings is 5. The number of aromatic nitrogens is 4. The van der Waals surface area contributed by atoms with Gasteiger partial charge in [-0.3, -0.25) is 0 Å². The summed E-state index contributed by atoms with van der Waals surface area (Å²) in [5, 5.41) is 12.7. The molecule has 0 radical (unpaired) electrons. The van der Waals surface area contributed by atoms with E-state index < -0.39 is 52.2 Å². The Labute approximate surface area is 452 Å². The first-order valence-electron chi connectivity index (χ1n) is 25.7. The number of likely N-dealkylation sites (tertiary alicyclic amines) is 2. The van der Waals surface area contributed by atoms with Crippen LogP contribution in [0.15, 0.2) is 119 Å². The number of sulfonamides is 1. The number of sulfone groups is 1. The molecule has 0 saturated carbocycles. The van der Waals surface area contributed by atoms with E-state index in [1.54, 1.807) is 114 Å². The summed E-state index contributed by atoms with van der Waals surface area (Å²) in [6.07, 6.45) is 0.547. The van der Waals surface area contributed by atoms with Gasteiger partial charge in [0.15, 0.2) is 9.84 Å². The third-order valence-corrected chi connectivity index (χ3v) is 17.9. The van der Waals surface area contributed by atoms with Crippen molar-refractivity contribution in [1.29, 1.82) is 0 Å². The second kappa shape index (κ2) is 23.3. The number of piperidine rings is 2. The van der Waals surface area contributed by atoms with E-state index in [9.17, 15) is 9.59 Å². The van der Waals surface area contributed by atoms with Crippen molar-refractivity contribution in [3.05, 3.63) is 131 Å². The minimum Gasteiger partial charge on any atom is -0.497 e. The zero-order valence-corrected chi connectivity index (χ0v) is 46.9. The number of rotatable bonds is 16. The van der Waals surface area contributed by atoms with Crippen LogP contribution in [0.2, 0.25) is 0 Å². The molecule has 0 bridgehead atoms. The van der Waals surface area contributed by atoms with Gasteiger partial charge in [0, 0.05) is 39.3 Å². The molecule has 5 aromatic carbocycles. The summed E-state index contributed by atoms with van der Waals surface area (Å²) in [7, 11) is -4.78. The van der Waals surface area contributed by atoms with Gasteiger partial charge in [-0.2, -0.15) is 9.10 Å². The fourth-order valence-electron chi connectivity index (χ4n) is 9.55. The van der Waals surface area contributed by atoms with Crippen LogP contribution in [0.25, 0.3) is 22.5 Å². The zero-order valence-electron chi connectivity index (χ0n) is 45.3. The van der Waals surface area contributed by atoms with Gasteiger partial charge in [-0.05, 0) is 154 Å². The average Bonchev–Trinajstić information content (AvgIpc) is 3.93. The Hall–Kier alpha value is -7.03. The van der Waals surface area contributed by atoms with Crippen LogP contribution in [-0.4, -0.2) is 127 Å². The Morgan fingerprint density at radius 3 is 1.51 bits per heavy atom. The van der Waals surface area contributed by atoms with Crippen LogP contribution in [0.5, 0.6) is 17.2 Å². The van der Waals surface area contributed by atoms with Crippen molar-refractivity contribution >= 4 is 32.0 Å². The molecular formula is C57H69N7O11S2. The van der Waals surface area contributed by atoms with Gasteiger partial charge in [-0.1, -0.05) is 66.7 Å². The number of hydrogen-bond donors (Lipinski definition) is 0. The molecule has 0 N–H and O–H groups in total. The number of ether oxygens (including phenoxy) is 5. The highest BCUT2D eigenvalue weighted by atomic mass is 32.2. The van der Waals surface area contributed by atoms with Gasteiger partial charge in [0.05, 0.1) is 43.6 Å². The molecule has 2 aliphatic rings. The van der Waals surface area contributed by atoms with Crippen LogP contribution in [0, 0.1) is 0 Å². The molecule has 2 saturated heterocycles. The maximum atomic E-state index is 16.4. The van der Waals surface area contributed by atoms with E-state index in [0.29, 0.717) is 65.4 Å². The molecule has 3 heterocycles. The first-order valence-corrected chi connectivity index (χ1v) is 28.7. The van der Waals surface area contributed by atoms with Crippen molar-refractivity contribution in [2.75, 3.05) is 47.5 Å². The lowest BCUT2D eigenvalue weighted by molar-refractivity contribution is 0.0199. The minimum absolute atomic E-state index is 0.0218. The van der Waals surface area contributed by atoms with Crippen LogP contribution in [0.3, 0.4) is 0 Å². The summed E-state index contributed by atoms with van der Waals surface area (Å²) < 4.78 is 92.7. The smallest absolute Gasteiger partial charge is 0.410 e. The molecule has 18 nitrogen and oxygen atoms in total. The van der Waals surface area contributed by atoms with Crippen LogP contribution in [-0.2, 0) is 49.0 Å². The minimum atomic E-state index is -4.91. The summed E-state index contributed by atoms with van der Waals surface area (Å²) in [5.41, 5.74) is 2.54. The predicted molar refractivity (Wildman–Crippen MR) is 291 cm³/mol. The van der Waals surface area contributed by atoms with Gasteiger partial charge in [0.25, 0.3) is 0 Å². The van der Waals surface area contributed by atoms with E-state index in [1.807, 2.05) is 57.2 Å². The average molecular weight is 1090 g/mol. The highest BCUT2D eigenvalue weighted by Crippen LogP contribution is 2.44. The van der Waals surface area contributed by atoms with Gasteiger partial charge in [-0.15, -0.1) is 10.2 Å². The van der Waals surface area contributed by atoms with E-state index in [1.165, 1.54) is 20.1 Å². The third-order valence-electron chi connectivity index (χ3n) is 13.6. The predicted octanol–water partition coefficient (Wildman–Crippen LogP) is 9.76. The summed E-state index contributed by atoms with van der Waals surface area (Å²) in [4.78, 5) is 29.7. The fraction of sp³-hybridized carbons (Fsp3) is 0.421. The lowest BCUT2D eigenvalue weighted by Crippen LogP contribution is -2.44. The second-order valence-corrected chi connectivity index (χ2v) is 25.4. The highest BCUT2D eigenvalue weighted by Gasteiger charge is 2.42. The molecule has 0 unspecified atom stereocenters. The highest BCUT2D eigenvalue weighted by molar-refractivity contribution is 7.94. The van der Waals surface area contributed by atoms with Gasteiger partial charge in [-0.25, -0.2) is 26.4 Å². The Balaban J connectivity index is 1.29. The van der Waals surface area contributed by atoms with Gasteiger partial charge in [0.2, 0.25) is 15.8 Å². The van der Waals surface area contributed by atoms with E-state index in [-0.39, 0.29) is 69.0 Å². The molecule has 2 amide bonds. The number of carbonyl (C=O) groups is 2. The Bertz CT molecular complexity index is 3180. The maximum Gasteiger partial charge on any atom is 0.410 e. The molecule has 6 aromatic rings.